The summed E-state index contributed by atoms with van der Waals surface area (Å²) in [5.74, 6) is 1.26. The zero-order valence-electron chi connectivity index (χ0n) is 6.06. The van der Waals surface area contributed by atoms with Crippen molar-refractivity contribution < 1.29 is 4.79 Å². The van der Waals surface area contributed by atoms with Gasteiger partial charge in [0.25, 0.3) is 0 Å². The fourth-order valence-electron chi connectivity index (χ4n) is 1.43. The number of amides is 1. The number of carbonyl (C=O) groups is 1. The molecular formula is C7H10N2OS. The van der Waals surface area contributed by atoms with E-state index in [-0.39, 0.29) is 11.8 Å². The number of rotatable bonds is 1. The highest BCUT2D eigenvalue weighted by molar-refractivity contribution is 8.00. The monoisotopic (exact) mass is 170 g/mol. The van der Waals surface area contributed by atoms with Gasteiger partial charge < -0.3 is 10.6 Å². The summed E-state index contributed by atoms with van der Waals surface area (Å²) >= 11 is 1.79. The van der Waals surface area contributed by atoms with Crippen LogP contribution in [0.25, 0.3) is 0 Å². The quantitative estimate of drug-likeness (QED) is 0.563. The second-order valence-corrected chi connectivity index (χ2v) is 3.85. The molecule has 2 N–H and O–H groups in total. The molecule has 1 fully saturated rings. The summed E-state index contributed by atoms with van der Waals surface area (Å²) in [6, 6.07) is 0. The Bertz CT molecular complexity index is 216. The molecule has 0 aromatic carbocycles. The zero-order chi connectivity index (χ0) is 7.84. The summed E-state index contributed by atoms with van der Waals surface area (Å²) in [7, 11) is 0. The third kappa shape index (κ3) is 0.895. The molecule has 60 valence electrons. The Morgan fingerprint density at radius 1 is 1.82 bits per heavy atom. The van der Waals surface area contributed by atoms with Crippen LogP contribution in [0.1, 0.15) is 0 Å². The van der Waals surface area contributed by atoms with Gasteiger partial charge in [0, 0.05) is 18.5 Å². The first-order valence-corrected chi connectivity index (χ1v) is 4.70. The van der Waals surface area contributed by atoms with E-state index in [9.17, 15) is 4.79 Å². The van der Waals surface area contributed by atoms with E-state index in [0.717, 1.165) is 5.75 Å². The third-order valence-electron chi connectivity index (χ3n) is 2.07. The lowest BCUT2D eigenvalue weighted by molar-refractivity contribution is -0.145. The lowest BCUT2D eigenvalue weighted by Gasteiger charge is -2.45. The number of hydrogen-bond acceptors (Lipinski definition) is 3. The highest BCUT2D eigenvalue weighted by Gasteiger charge is 2.46. The van der Waals surface area contributed by atoms with Gasteiger partial charge in [-0.15, -0.1) is 11.8 Å². The van der Waals surface area contributed by atoms with Crippen LogP contribution in [0, 0.1) is 5.92 Å². The normalized spacial score (nSPS) is 35.0. The number of thioether (sulfide) groups is 1. The Hall–Kier alpha value is -0.480. The molecule has 1 amide bonds. The number of nitrogens with two attached hydrogens (primary N) is 1. The van der Waals surface area contributed by atoms with E-state index in [4.69, 9.17) is 5.73 Å². The van der Waals surface area contributed by atoms with Crippen LogP contribution in [0.4, 0.5) is 0 Å². The molecule has 2 aliphatic rings. The Kier molecular flexibility index (Phi) is 1.65. The number of fused-ring (bicyclic) bond motifs is 1. The van der Waals surface area contributed by atoms with E-state index in [1.54, 1.807) is 16.7 Å². The van der Waals surface area contributed by atoms with Crippen LogP contribution in [-0.2, 0) is 4.79 Å². The Morgan fingerprint density at radius 3 is 3.36 bits per heavy atom. The molecule has 2 aliphatic heterocycles. The van der Waals surface area contributed by atoms with Gasteiger partial charge in [-0.05, 0) is 0 Å². The first-order valence-electron chi connectivity index (χ1n) is 3.65. The molecular weight excluding hydrogens is 160 g/mol. The Labute approximate surface area is 69.6 Å². The molecule has 2 rings (SSSR count). The molecule has 11 heavy (non-hydrogen) atoms. The predicted octanol–water partition coefficient (Wildman–Crippen LogP) is -0.00990. The fraction of sp³-hybridized carbons (Fsp3) is 0.571. The van der Waals surface area contributed by atoms with Crippen molar-refractivity contribution in [3.63, 3.8) is 0 Å². The molecule has 0 spiro atoms. The van der Waals surface area contributed by atoms with Crippen molar-refractivity contribution in [2.45, 2.75) is 5.37 Å². The highest BCUT2D eigenvalue weighted by atomic mass is 32.2. The summed E-state index contributed by atoms with van der Waals surface area (Å²) in [4.78, 5) is 13.0. The van der Waals surface area contributed by atoms with Crippen LogP contribution in [0.3, 0.4) is 0 Å². The standard InChI is InChI=1S/C7H10N2OS/c8-4-5-6(10)9-2-1-3-11-7(5)9/h1-2,5,7H,3-4,8H2. The van der Waals surface area contributed by atoms with Crippen molar-refractivity contribution in [1.29, 1.82) is 0 Å². The van der Waals surface area contributed by atoms with E-state index in [0.29, 0.717) is 11.9 Å². The summed E-state index contributed by atoms with van der Waals surface area (Å²) in [5, 5.41) is 0.331. The van der Waals surface area contributed by atoms with Crippen LogP contribution in [0.2, 0.25) is 0 Å². The molecule has 2 heterocycles. The molecule has 2 atom stereocenters. The lowest BCUT2D eigenvalue weighted by atomic mass is 9.99. The second-order valence-electron chi connectivity index (χ2n) is 2.70. The predicted molar refractivity (Wildman–Crippen MR) is 44.8 cm³/mol. The molecule has 0 aromatic heterocycles. The Balaban J connectivity index is 2.12. The van der Waals surface area contributed by atoms with Gasteiger partial charge in [-0.1, -0.05) is 6.08 Å². The number of hydrogen-bond donors (Lipinski definition) is 1. The number of β-lactam (4-membered cyclic amide) rings is 1. The number of nitrogens with zero attached hydrogens (tertiary/aromatic N) is 1. The first kappa shape index (κ1) is 7.18. The largest absolute Gasteiger partial charge is 0.330 e. The minimum Gasteiger partial charge on any atom is -0.330 e. The second kappa shape index (κ2) is 2.53. The van der Waals surface area contributed by atoms with Gasteiger partial charge in [-0.25, -0.2) is 0 Å². The van der Waals surface area contributed by atoms with Gasteiger partial charge in [0.05, 0.1) is 11.3 Å². The first-order chi connectivity index (χ1) is 5.34. The van der Waals surface area contributed by atoms with Crippen LogP contribution in [-0.4, -0.2) is 28.5 Å². The van der Waals surface area contributed by atoms with Gasteiger partial charge in [0.2, 0.25) is 5.91 Å². The van der Waals surface area contributed by atoms with E-state index < -0.39 is 0 Å². The van der Waals surface area contributed by atoms with Gasteiger partial charge in [0.1, 0.15) is 0 Å². The van der Waals surface area contributed by atoms with Gasteiger partial charge >= 0.3 is 0 Å². The Morgan fingerprint density at radius 2 is 2.64 bits per heavy atom. The zero-order valence-corrected chi connectivity index (χ0v) is 6.88. The topological polar surface area (TPSA) is 46.3 Å². The molecule has 0 saturated carbocycles. The van der Waals surface area contributed by atoms with Gasteiger partial charge in [-0.3, -0.25) is 4.79 Å². The molecule has 0 bridgehead atoms. The molecule has 2 unspecified atom stereocenters. The smallest absolute Gasteiger partial charge is 0.234 e. The summed E-state index contributed by atoms with van der Waals surface area (Å²) in [6.45, 7) is 0.487. The van der Waals surface area contributed by atoms with E-state index >= 15 is 0 Å². The van der Waals surface area contributed by atoms with E-state index in [1.807, 2.05) is 12.3 Å². The van der Waals surface area contributed by atoms with Crippen molar-refractivity contribution in [3.05, 3.63) is 12.3 Å². The fourth-order valence-corrected chi connectivity index (χ4v) is 2.62. The summed E-state index contributed by atoms with van der Waals surface area (Å²) in [6.07, 6.45) is 3.88. The average Bonchev–Trinajstić information content (AvgIpc) is 2.05. The van der Waals surface area contributed by atoms with Gasteiger partial charge in [-0.2, -0.15) is 0 Å². The third-order valence-corrected chi connectivity index (χ3v) is 3.36. The SMILES string of the molecule is NCC1C(=O)N2C=CCSC12. The summed E-state index contributed by atoms with van der Waals surface area (Å²) < 4.78 is 0. The lowest BCUT2D eigenvalue weighted by Crippen LogP contribution is -2.59. The van der Waals surface area contributed by atoms with E-state index in [2.05, 4.69) is 0 Å². The van der Waals surface area contributed by atoms with Crippen LogP contribution in [0.15, 0.2) is 12.3 Å². The molecule has 0 aromatic rings. The minimum atomic E-state index is 0.0740. The van der Waals surface area contributed by atoms with Crippen molar-refractivity contribution in [2.75, 3.05) is 12.3 Å². The van der Waals surface area contributed by atoms with Crippen molar-refractivity contribution in [2.24, 2.45) is 11.7 Å². The van der Waals surface area contributed by atoms with Gasteiger partial charge in [0.15, 0.2) is 0 Å². The molecule has 3 nitrogen and oxygen atoms in total. The molecule has 1 saturated heterocycles. The van der Waals surface area contributed by atoms with E-state index in [1.165, 1.54) is 0 Å². The minimum absolute atomic E-state index is 0.0740. The van der Waals surface area contributed by atoms with Crippen LogP contribution < -0.4 is 5.73 Å². The highest BCUT2D eigenvalue weighted by Crippen LogP contribution is 2.37. The summed E-state index contributed by atoms with van der Waals surface area (Å²) in [5.41, 5.74) is 5.45. The molecule has 0 aliphatic carbocycles. The van der Waals surface area contributed by atoms with Crippen molar-refractivity contribution in [1.82, 2.24) is 4.90 Å². The molecule has 4 heteroatoms. The maximum absolute atomic E-state index is 11.2. The maximum Gasteiger partial charge on any atom is 0.234 e. The average molecular weight is 170 g/mol. The maximum atomic E-state index is 11.2. The van der Waals surface area contributed by atoms with Crippen molar-refractivity contribution in [3.8, 4) is 0 Å². The number of carbonyl (C=O) groups excluding carboxylic acids is 1. The van der Waals surface area contributed by atoms with Crippen molar-refractivity contribution >= 4 is 17.7 Å². The van der Waals surface area contributed by atoms with Crippen LogP contribution >= 0.6 is 11.8 Å². The van der Waals surface area contributed by atoms with Crippen LogP contribution in [0.5, 0.6) is 0 Å². The molecule has 0 radical (unpaired) electrons.